The van der Waals surface area contributed by atoms with Gasteiger partial charge in [0.15, 0.2) is 0 Å². The number of aliphatic hydroxyl groups excluding tert-OH is 1. The molecule has 0 aliphatic heterocycles. The number of hydrogen-bond acceptors (Lipinski definition) is 3. The predicted molar refractivity (Wildman–Crippen MR) is 67.2 cm³/mol. The smallest absolute Gasteiger partial charge is 0.148 e. The highest BCUT2D eigenvalue weighted by Crippen LogP contribution is 2.31. The number of nitrogens with one attached hydrogen (secondary N) is 1. The molecule has 1 aliphatic carbocycles. The first-order valence-electron chi connectivity index (χ1n) is 6.10. The second-order valence-electron chi connectivity index (χ2n) is 4.75. The quantitative estimate of drug-likeness (QED) is 0.705. The van der Waals surface area contributed by atoms with Gasteiger partial charge in [-0.25, -0.2) is 4.39 Å². The van der Waals surface area contributed by atoms with Crippen molar-refractivity contribution in [2.45, 2.75) is 19.3 Å². The molecule has 0 spiro atoms. The van der Waals surface area contributed by atoms with Crippen molar-refractivity contribution >= 4 is 11.4 Å². The maximum absolute atomic E-state index is 13.5. The van der Waals surface area contributed by atoms with Gasteiger partial charge in [0.25, 0.3) is 0 Å². The topological polar surface area (TPSA) is 58.3 Å². The molecule has 1 fully saturated rings. The standard InChI is InChI=1S/C13H19FN2O/c14-12-6-11(15)4-5-13(12)16-7-9-2-1-3-10(9)8-17/h4-6,9-10,16-17H,1-3,7-8,15H2. The summed E-state index contributed by atoms with van der Waals surface area (Å²) in [5, 5.41) is 12.3. The number of benzene rings is 1. The highest BCUT2D eigenvalue weighted by molar-refractivity contribution is 5.52. The van der Waals surface area contributed by atoms with Crippen molar-refractivity contribution in [1.82, 2.24) is 0 Å². The number of rotatable bonds is 4. The van der Waals surface area contributed by atoms with Crippen LogP contribution in [-0.2, 0) is 0 Å². The number of aliphatic hydroxyl groups is 1. The summed E-state index contributed by atoms with van der Waals surface area (Å²) in [6.45, 7) is 0.947. The normalized spacial score (nSPS) is 23.9. The van der Waals surface area contributed by atoms with Crippen molar-refractivity contribution in [2.24, 2.45) is 11.8 Å². The van der Waals surface area contributed by atoms with Crippen molar-refractivity contribution in [3.05, 3.63) is 24.0 Å². The Morgan fingerprint density at radius 1 is 1.35 bits per heavy atom. The highest BCUT2D eigenvalue weighted by atomic mass is 19.1. The Labute approximate surface area is 101 Å². The molecule has 0 bridgehead atoms. The third kappa shape index (κ3) is 2.88. The fourth-order valence-electron chi connectivity index (χ4n) is 2.54. The molecule has 1 aromatic rings. The molecule has 2 rings (SSSR count). The molecule has 0 heterocycles. The van der Waals surface area contributed by atoms with Gasteiger partial charge in [-0.1, -0.05) is 6.42 Å². The van der Waals surface area contributed by atoms with E-state index in [1.165, 1.54) is 6.07 Å². The van der Waals surface area contributed by atoms with Crippen LogP contribution in [0, 0.1) is 17.7 Å². The second-order valence-corrected chi connectivity index (χ2v) is 4.75. The Bertz CT molecular complexity index is 384. The van der Waals surface area contributed by atoms with Crippen LogP contribution in [0.2, 0.25) is 0 Å². The van der Waals surface area contributed by atoms with E-state index in [0.717, 1.165) is 19.3 Å². The fourth-order valence-corrected chi connectivity index (χ4v) is 2.54. The van der Waals surface area contributed by atoms with Crippen molar-refractivity contribution < 1.29 is 9.50 Å². The minimum Gasteiger partial charge on any atom is -0.399 e. The summed E-state index contributed by atoms with van der Waals surface area (Å²) in [4.78, 5) is 0. The minimum absolute atomic E-state index is 0.233. The molecular weight excluding hydrogens is 219 g/mol. The van der Waals surface area contributed by atoms with Gasteiger partial charge < -0.3 is 16.2 Å². The van der Waals surface area contributed by atoms with Gasteiger partial charge in [0.1, 0.15) is 5.82 Å². The third-order valence-corrected chi connectivity index (χ3v) is 3.60. The van der Waals surface area contributed by atoms with Crippen LogP contribution in [0.15, 0.2) is 18.2 Å². The van der Waals surface area contributed by atoms with E-state index in [0.29, 0.717) is 29.8 Å². The van der Waals surface area contributed by atoms with Gasteiger partial charge in [0.2, 0.25) is 0 Å². The van der Waals surface area contributed by atoms with E-state index >= 15 is 0 Å². The molecule has 2 atom stereocenters. The molecule has 4 N–H and O–H groups in total. The molecule has 17 heavy (non-hydrogen) atoms. The summed E-state index contributed by atoms with van der Waals surface area (Å²) in [6.07, 6.45) is 3.34. The van der Waals surface area contributed by atoms with Gasteiger partial charge in [-0.05, 0) is 42.9 Å². The number of halogens is 1. The molecule has 1 aromatic carbocycles. The molecule has 0 amide bonds. The van der Waals surface area contributed by atoms with E-state index in [-0.39, 0.29) is 12.4 Å². The first-order chi connectivity index (χ1) is 8.20. The van der Waals surface area contributed by atoms with Crippen LogP contribution in [0.5, 0.6) is 0 Å². The van der Waals surface area contributed by atoms with E-state index in [9.17, 15) is 9.50 Å². The lowest BCUT2D eigenvalue weighted by atomic mass is 9.97. The van der Waals surface area contributed by atoms with Crippen LogP contribution in [0.25, 0.3) is 0 Å². The Kier molecular flexibility index (Phi) is 3.84. The average molecular weight is 238 g/mol. The SMILES string of the molecule is Nc1ccc(NCC2CCCC2CO)c(F)c1. The molecule has 94 valence electrons. The second kappa shape index (κ2) is 5.36. The Balaban J connectivity index is 1.93. The number of nitrogens with two attached hydrogens (primary N) is 1. The molecule has 2 unspecified atom stereocenters. The van der Waals surface area contributed by atoms with Crippen LogP contribution in [0.4, 0.5) is 15.8 Å². The largest absolute Gasteiger partial charge is 0.399 e. The maximum atomic E-state index is 13.5. The van der Waals surface area contributed by atoms with Crippen molar-refractivity contribution in [3.63, 3.8) is 0 Å². The van der Waals surface area contributed by atoms with E-state index in [1.807, 2.05) is 0 Å². The van der Waals surface area contributed by atoms with Crippen molar-refractivity contribution in [1.29, 1.82) is 0 Å². The van der Waals surface area contributed by atoms with Gasteiger partial charge in [0.05, 0.1) is 5.69 Å². The van der Waals surface area contributed by atoms with Crippen molar-refractivity contribution in [2.75, 3.05) is 24.2 Å². The van der Waals surface area contributed by atoms with Gasteiger partial charge >= 0.3 is 0 Å². The number of hydrogen-bond donors (Lipinski definition) is 3. The average Bonchev–Trinajstić information content (AvgIpc) is 2.75. The van der Waals surface area contributed by atoms with Crippen LogP contribution in [0.1, 0.15) is 19.3 Å². The molecule has 0 radical (unpaired) electrons. The summed E-state index contributed by atoms with van der Waals surface area (Å²) < 4.78 is 13.5. The zero-order valence-corrected chi connectivity index (χ0v) is 9.82. The molecule has 1 aliphatic rings. The Hall–Kier alpha value is -1.29. The van der Waals surface area contributed by atoms with Crippen LogP contribution in [0.3, 0.4) is 0 Å². The highest BCUT2D eigenvalue weighted by Gasteiger charge is 2.26. The van der Waals surface area contributed by atoms with Crippen LogP contribution in [-0.4, -0.2) is 18.3 Å². The van der Waals surface area contributed by atoms with Gasteiger partial charge in [-0.2, -0.15) is 0 Å². The molecule has 1 saturated carbocycles. The lowest BCUT2D eigenvalue weighted by molar-refractivity contribution is 0.199. The predicted octanol–water partition coefficient (Wildman–Crippen LogP) is 2.23. The van der Waals surface area contributed by atoms with Crippen molar-refractivity contribution in [3.8, 4) is 0 Å². The summed E-state index contributed by atoms with van der Waals surface area (Å²) in [5.74, 6) is 0.486. The lowest BCUT2D eigenvalue weighted by Crippen LogP contribution is -2.21. The van der Waals surface area contributed by atoms with E-state index in [2.05, 4.69) is 5.32 Å². The monoisotopic (exact) mass is 238 g/mol. The van der Waals surface area contributed by atoms with Gasteiger partial charge in [-0.15, -0.1) is 0 Å². The number of anilines is 2. The molecular formula is C13H19FN2O. The Morgan fingerprint density at radius 2 is 2.12 bits per heavy atom. The number of nitrogen functional groups attached to an aromatic ring is 1. The maximum Gasteiger partial charge on any atom is 0.148 e. The third-order valence-electron chi connectivity index (χ3n) is 3.60. The zero-order valence-electron chi connectivity index (χ0n) is 9.82. The van der Waals surface area contributed by atoms with E-state index in [1.54, 1.807) is 12.1 Å². The molecule has 3 nitrogen and oxygen atoms in total. The van der Waals surface area contributed by atoms with Gasteiger partial charge in [0, 0.05) is 18.8 Å². The summed E-state index contributed by atoms with van der Waals surface area (Å²) in [6, 6.07) is 4.66. The summed E-state index contributed by atoms with van der Waals surface area (Å²) in [7, 11) is 0. The summed E-state index contributed by atoms with van der Waals surface area (Å²) >= 11 is 0. The van der Waals surface area contributed by atoms with Gasteiger partial charge in [-0.3, -0.25) is 0 Å². The summed E-state index contributed by atoms with van der Waals surface area (Å²) in [5.41, 5.74) is 6.41. The molecule has 0 saturated heterocycles. The van der Waals surface area contributed by atoms with E-state index < -0.39 is 0 Å². The fraction of sp³-hybridized carbons (Fsp3) is 0.538. The molecule has 0 aromatic heterocycles. The first kappa shape index (κ1) is 12.2. The minimum atomic E-state index is -0.316. The van der Waals surface area contributed by atoms with E-state index in [4.69, 9.17) is 5.73 Å². The zero-order chi connectivity index (χ0) is 12.3. The Morgan fingerprint density at radius 3 is 2.82 bits per heavy atom. The van der Waals surface area contributed by atoms with Crippen LogP contribution < -0.4 is 11.1 Å². The van der Waals surface area contributed by atoms with Crippen LogP contribution >= 0.6 is 0 Å². The first-order valence-corrected chi connectivity index (χ1v) is 6.10. The molecule has 4 heteroatoms. The lowest BCUT2D eigenvalue weighted by Gasteiger charge is -2.18.